The summed E-state index contributed by atoms with van der Waals surface area (Å²) in [5.41, 5.74) is 0.393. The molecule has 0 spiro atoms. The molecular weight excluding hydrogens is 449 g/mol. The van der Waals surface area contributed by atoms with Gasteiger partial charge >= 0.3 is 10.1 Å². The molecule has 154 valence electrons. The fraction of sp³-hybridized carbons (Fsp3) is 0.238. The second kappa shape index (κ2) is 6.83. The van der Waals surface area contributed by atoms with Crippen LogP contribution in [0.2, 0.25) is 10.0 Å². The van der Waals surface area contributed by atoms with Crippen LogP contribution in [0.5, 0.6) is 5.75 Å². The van der Waals surface area contributed by atoms with Crippen LogP contribution in [-0.2, 0) is 19.7 Å². The molecule has 2 amide bonds. The van der Waals surface area contributed by atoms with E-state index in [0.717, 1.165) is 6.42 Å². The van der Waals surface area contributed by atoms with Gasteiger partial charge in [-0.3, -0.25) is 14.5 Å². The van der Waals surface area contributed by atoms with Gasteiger partial charge in [0, 0.05) is 5.02 Å². The molecule has 2 aliphatic carbocycles. The lowest BCUT2D eigenvalue weighted by Gasteiger charge is -2.17. The van der Waals surface area contributed by atoms with E-state index in [2.05, 4.69) is 0 Å². The highest BCUT2D eigenvalue weighted by molar-refractivity contribution is 7.87. The molecule has 1 saturated heterocycles. The minimum Gasteiger partial charge on any atom is -0.379 e. The third kappa shape index (κ3) is 2.95. The Hall–Kier alpha value is -2.35. The summed E-state index contributed by atoms with van der Waals surface area (Å²) in [5.74, 6) is -0.727. The summed E-state index contributed by atoms with van der Waals surface area (Å²) in [6.45, 7) is 0. The van der Waals surface area contributed by atoms with Gasteiger partial charge in [0.15, 0.2) is 0 Å². The van der Waals surface area contributed by atoms with E-state index in [1.54, 1.807) is 0 Å². The summed E-state index contributed by atoms with van der Waals surface area (Å²) >= 11 is 11.8. The number of allylic oxidation sites excluding steroid dienone is 2. The first-order valence-electron chi connectivity index (χ1n) is 9.32. The summed E-state index contributed by atoms with van der Waals surface area (Å²) < 4.78 is 30.2. The highest BCUT2D eigenvalue weighted by Crippen LogP contribution is 2.53. The van der Waals surface area contributed by atoms with Crippen LogP contribution in [0.4, 0.5) is 5.69 Å². The van der Waals surface area contributed by atoms with E-state index in [4.69, 9.17) is 27.4 Å². The third-order valence-corrected chi connectivity index (χ3v) is 7.90. The van der Waals surface area contributed by atoms with Gasteiger partial charge in [-0.25, -0.2) is 0 Å². The Morgan fingerprint density at radius 2 is 1.50 bits per heavy atom. The first-order chi connectivity index (χ1) is 14.3. The van der Waals surface area contributed by atoms with E-state index < -0.39 is 10.1 Å². The molecule has 4 atom stereocenters. The number of hydrogen-bond acceptors (Lipinski definition) is 5. The molecule has 30 heavy (non-hydrogen) atoms. The quantitative estimate of drug-likeness (QED) is 0.387. The number of halogens is 2. The number of hydrogen-bond donors (Lipinski definition) is 0. The number of benzene rings is 2. The number of nitrogens with zero attached hydrogens (tertiary/aromatic N) is 1. The van der Waals surface area contributed by atoms with Gasteiger partial charge in [0.25, 0.3) is 0 Å². The minimum atomic E-state index is -4.21. The summed E-state index contributed by atoms with van der Waals surface area (Å²) in [7, 11) is -4.21. The van der Waals surface area contributed by atoms with E-state index in [0.29, 0.717) is 5.69 Å². The molecule has 0 N–H and O–H groups in total. The first-order valence-corrected chi connectivity index (χ1v) is 11.5. The molecule has 2 aromatic rings. The highest BCUT2D eigenvalue weighted by Gasteiger charge is 2.59. The molecule has 0 aromatic heterocycles. The van der Waals surface area contributed by atoms with Gasteiger partial charge in [0.2, 0.25) is 11.8 Å². The fourth-order valence-electron chi connectivity index (χ4n) is 4.65. The monoisotopic (exact) mass is 463 g/mol. The number of carbonyl (C=O) groups excluding carboxylic acids is 2. The summed E-state index contributed by atoms with van der Waals surface area (Å²) in [6, 6.07) is 9.83. The maximum absolute atomic E-state index is 12.9. The van der Waals surface area contributed by atoms with Crippen molar-refractivity contribution in [3.05, 3.63) is 64.7 Å². The Labute approximate surface area is 183 Å². The van der Waals surface area contributed by atoms with Crippen molar-refractivity contribution in [3.8, 4) is 5.75 Å². The summed E-state index contributed by atoms with van der Waals surface area (Å²) in [4.78, 5) is 26.7. The van der Waals surface area contributed by atoms with Crippen molar-refractivity contribution in [2.24, 2.45) is 23.7 Å². The fourth-order valence-corrected chi connectivity index (χ4v) is 6.32. The lowest BCUT2D eigenvalue weighted by atomic mass is 9.85. The van der Waals surface area contributed by atoms with Crippen LogP contribution in [0.1, 0.15) is 6.42 Å². The second-order valence-corrected chi connectivity index (χ2v) is 9.98. The normalized spacial score (nSPS) is 27.1. The zero-order chi connectivity index (χ0) is 21.2. The number of rotatable bonds is 4. The van der Waals surface area contributed by atoms with Crippen molar-refractivity contribution >= 4 is 50.8 Å². The van der Waals surface area contributed by atoms with Crippen molar-refractivity contribution in [1.29, 1.82) is 0 Å². The zero-order valence-corrected chi connectivity index (χ0v) is 17.7. The molecule has 2 bridgehead atoms. The van der Waals surface area contributed by atoms with Crippen LogP contribution in [0.15, 0.2) is 59.5 Å². The molecular formula is C21H15Cl2NO5S. The molecule has 1 saturated carbocycles. The standard InChI is InChI=1S/C21H15Cl2NO5S/c22-13-3-8-16(23)17(10-13)30(27,28)29-15-6-4-14(5-7-15)24-20(25)18-11-1-2-12(9-11)19(18)21(24)26/h1-8,10-12,18-19H,9H2/t11-,12-,18-,19-/m0/s1. The minimum absolute atomic E-state index is 0.0148. The van der Waals surface area contributed by atoms with Crippen LogP contribution >= 0.6 is 23.2 Å². The van der Waals surface area contributed by atoms with Gasteiger partial charge < -0.3 is 4.18 Å². The van der Waals surface area contributed by atoms with E-state index in [1.807, 2.05) is 12.2 Å². The van der Waals surface area contributed by atoms with Crippen LogP contribution in [0.25, 0.3) is 0 Å². The number of imide groups is 1. The summed E-state index contributed by atoms with van der Waals surface area (Å²) in [6.07, 6.45) is 4.92. The van der Waals surface area contributed by atoms with E-state index in [9.17, 15) is 18.0 Å². The lowest BCUT2D eigenvalue weighted by molar-refractivity contribution is -0.123. The first kappa shape index (κ1) is 19.6. The molecule has 2 fully saturated rings. The predicted octanol–water partition coefficient (Wildman–Crippen LogP) is 4.07. The number of fused-ring (bicyclic) bond motifs is 5. The van der Waals surface area contributed by atoms with Crippen molar-refractivity contribution < 1.29 is 22.2 Å². The maximum Gasteiger partial charge on any atom is 0.340 e. The zero-order valence-electron chi connectivity index (χ0n) is 15.4. The van der Waals surface area contributed by atoms with Crippen LogP contribution in [0, 0.1) is 23.7 Å². The van der Waals surface area contributed by atoms with Gasteiger partial charge in [-0.2, -0.15) is 8.42 Å². The lowest BCUT2D eigenvalue weighted by Crippen LogP contribution is -2.32. The van der Waals surface area contributed by atoms with Crippen LogP contribution in [0.3, 0.4) is 0 Å². The Kier molecular flexibility index (Phi) is 4.47. The Morgan fingerprint density at radius 3 is 2.10 bits per heavy atom. The van der Waals surface area contributed by atoms with Crippen molar-refractivity contribution in [1.82, 2.24) is 0 Å². The van der Waals surface area contributed by atoms with Crippen molar-refractivity contribution in [2.75, 3.05) is 4.90 Å². The van der Waals surface area contributed by atoms with Crippen molar-refractivity contribution in [3.63, 3.8) is 0 Å². The molecule has 2 aromatic carbocycles. The molecule has 9 heteroatoms. The largest absolute Gasteiger partial charge is 0.379 e. The van der Waals surface area contributed by atoms with E-state index in [-0.39, 0.29) is 56.2 Å². The molecule has 6 nitrogen and oxygen atoms in total. The number of amides is 2. The second-order valence-electron chi connectivity index (χ2n) is 7.62. The third-order valence-electron chi connectivity index (χ3n) is 5.93. The van der Waals surface area contributed by atoms with Gasteiger partial charge in [0.1, 0.15) is 10.6 Å². The average Bonchev–Trinajstić information content (AvgIpc) is 3.38. The number of anilines is 1. The molecule has 3 aliphatic rings. The van der Waals surface area contributed by atoms with Gasteiger partial charge in [0.05, 0.1) is 22.5 Å². The SMILES string of the molecule is O=C1[C@@H]2[C@@H](C(=O)N1c1ccc(OS(=O)(=O)c3cc(Cl)ccc3Cl)cc1)[C@H]1C=C[C@H]2C1. The molecule has 5 rings (SSSR count). The van der Waals surface area contributed by atoms with Crippen molar-refractivity contribution in [2.45, 2.75) is 11.3 Å². The molecule has 0 unspecified atom stereocenters. The van der Waals surface area contributed by atoms with E-state index >= 15 is 0 Å². The topological polar surface area (TPSA) is 80.8 Å². The number of carbonyl (C=O) groups is 2. The maximum atomic E-state index is 12.9. The van der Waals surface area contributed by atoms with Crippen LogP contribution < -0.4 is 9.08 Å². The predicted molar refractivity (Wildman–Crippen MR) is 111 cm³/mol. The van der Waals surface area contributed by atoms with Gasteiger partial charge in [-0.15, -0.1) is 0 Å². The van der Waals surface area contributed by atoms with Crippen LogP contribution in [-0.4, -0.2) is 20.2 Å². The Balaban J connectivity index is 1.38. The molecule has 1 heterocycles. The summed E-state index contributed by atoms with van der Waals surface area (Å²) in [5, 5.41) is 0.191. The molecule has 1 aliphatic heterocycles. The van der Waals surface area contributed by atoms with Gasteiger partial charge in [-0.1, -0.05) is 35.4 Å². The Morgan fingerprint density at radius 1 is 0.900 bits per heavy atom. The van der Waals surface area contributed by atoms with E-state index in [1.165, 1.54) is 47.4 Å². The van der Waals surface area contributed by atoms with Gasteiger partial charge in [-0.05, 0) is 60.7 Å². The highest BCUT2D eigenvalue weighted by atomic mass is 35.5. The molecule has 0 radical (unpaired) electrons. The average molecular weight is 464 g/mol. The smallest absolute Gasteiger partial charge is 0.340 e. The Bertz CT molecular complexity index is 1180.